The van der Waals surface area contributed by atoms with Crippen LogP contribution in [0.2, 0.25) is 0 Å². The molecule has 2 aliphatic rings. The van der Waals surface area contributed by atoms with Gasteiger partial charge >= 0.3 is 128 Å². The molecule has 2 heterocycles. The molecule has 0 aliphatic carbocycles. The van der Waals surface area contributed by atoms with Crippen molar-refractivity contribution in [2.45, 2.75) is 167 Å². The van der Waals surface area contributed by atoms with Crippen LogP contribution < -0.4 is 0 Å². The van der Waals surface area contributed by atoms with Crippen molar-refractivity contribution in [1.82, 2.24) is 10.1 Å². The third-order valence-corrected chi connectivity index (χ3v) is 7.93. The zero-order valence-corrected chi connectivity index (χ0v) is 25.2. The van der Waals surface area contributed by atoms with E-state index in [0.717, 1.165) is 38.5 Å². The van der Waals surface area contributed by atoms with Crippen LogP contribution in [0, 0.1) is 0 Å². The first-order chi connectivity index (χ1) is 17.5. The number of hydroxylamine groups is 4. The predicted octanol–water partition coefficient (Wildman–Crippen LogP) is 5.49. The molecular formula is C29H52BN2O6. The van der Waals surface area contributed by atoms with Crippen molar-refractivity contribution in [2.24, 2.45) is 0 Å². The first kappa shape index (κ1) is 32.8. The van der Waals surface area contributed by atoms with Crippen molar-refractivity contribution < 1.29 is 29.1 Å². The van der Waals surface area contributed by atoms with E-state index in [1.807, 2.05) is 32.8 Å². The fraction of sp³-hybridized carbons (Fsp3) is 0.897. The van der Waals surface area contributed by atoms with Crippen molar-refractivity contribution in [2.75, 3.05) is 0 Å². The van der Waals surface area contributed by atoms with Crippen molar-refractivity contribution in [1.29, 1.82) is 0 Å². The van der Waals surface area contributed by atoms with Crippen LogP contribution in [0.5, 0.6) is 0 Å². The number of unbranched alkanes of at least 4 members (excludes halogenated alkanes) is 5. The Morgan fingerprint density at radius 2 is 1.05 bits per heavy atom. The molecular weight excluding hydrogens is 483 g/mol. The summed E-state index contributed by atoms with van der Waals surface area (Å²) >= 11 is 0. The van der Waals surface area contributed by atoms with Crippen LogP contribution in [-0.2, 0) is 23.9 Å². The van der Waals surface area contributed by atoms with E-state index < -0.39 is 11.1 Å². The molecule has 0 aromatic carbocycles. The molecule has 0 spiro atoms. The van der Waals surface area contributed by atoms with Crippen LogP contribution in [0.4, 0.5) is 0 Å². The maximum absolute atomic E-state index is 12.5. The summed E-state index contributed by atoms with van der Waals surface area (Å²) in [4.78, 5) is 30.4. The molecule has 2 aliphatic heterocycles. The van der Waals surface area contributed by atoms with Crippen LogP contribution in [0.3, 0.4) is 0 Å². The number of carbonyl (C=O) groups excluding carboxylic acids is 2. The fourth-order valence-corrected chi connectivity index (χ4v) is 6.60. The SMILES string of the molecule is [B]=CON1C(C)(C)CC(OC(=O)CCCCCCCCC(=O)OC2CC(C)(C)N(O)C(C)(C)C2)CC1(C)C. The van der Waals surface area contributed by atoms with Gasteiger partial charge in [-0.15, -0.1) is 0 Å². The molecule has 0 atom stereocenters. The van der Waals surface area contributed by atoms with Crippen LogP contribution in [0.1, 0.15) is 132 Å². The molecule has 1 radical (unpaired) electrons. The molecule has 0 saturated carbocycles. The van der Waals surface area contributed by atoms with Gasteiger partial charge in [0.2, 0.25) is 0 Å². The molecule has 2 saturated heterocycles. The third kappa shape index (κ3) is 9.34. The average Bonchev–Trinajstić information content (AvgIpc) is 2.75. The van der Waals surface area contributed by atoms with Crippen molar-refractivity contribution in [3.05, 3.63) is 0 Å². The van der Waals surface area contributed by atoms with Crippen LogP contribution in [0.15, 0.2) is 0 Å². The quantitative estimate of drug-likeness (QED) is 0.188. The minimum atomic E-state index is -0.428. The minimum absolute atomic E-state index is 0.137. The van der Waals surface area contributed by atoms with Crippen LogP contribution in [-0.4, -0.2) is 75.3 Å². The van der Waals surface area contributed by atoms with Crippen molar-refractivity contribution >= 4 is 25.6 Å². The van der Waals surface area contributed by atoms with Gasteiger partial charge in [-0.25, -0.2) is 0 Å². The van der Waals surface area contributed by atoms with E-state index in [2.05, 4.69) is 27.7 Å². The van der Waals surface area contributed by atoms with Gasteiger partial charge in [0.25, 0.3) is 0 Å². The summed E-state index contributed by atoms with van der Waals surface area (Å²) in [6.45, 7) is 16.2. The van der Waals surface area contributed by atoms with E-state index in [-0.39, 0.29) is 35.2 Å². The maximum atomic E-state index is 12.5. The Kier molecular flexibility index (Phi) is 11.4. The first-order valence-electron chi connectivity index (χ1n) is 14.4. The molecule has 8 nitrogen and oxygen atoms in total. The van der Waals surface area contributed by atoms with Gasteiger partial charge in [0.15, 0.2) is 0 Å². The summed E-state index contributed by atoms with van der Waals surface area (Å²) in [5.41, 5.74) is -1.47. The van der Waals surface area contributed by atoms with Crippen molar-refractivity contribution in [3.8, 4) is 0 Å². The summed E-state index contributed by atoms with van der Waals surface area (Å²) in [6, 6.07) is 0. The zero-order valence-electron chi connectivity index (χ0n) is 25.2. The van der Waals surface area contributed by atoms with Gasteiger partial charge in [-0.1, -0.05) is 12.8 Å². The van der Waals surface area contributed by atoms with E-state index in [9.17, 15) is 14.8 Å². The van der Waals surface area contributed by atoms with Gasteiger partial charge in [0.1, 0.15) is 6.10 Å². The Labute approximate surface area is 231 Å². The number of hydrogen-bond donors (Lipinski definition) is 1. The Morgan fingerprint density at radius 1 is 0.711 bits per heavy atom. The molecule has 0 bridgehead atoms. The van der Waals surface area contributed by atoms with Crippen LogP contribution >= 0.6 is 0 Å². The number of ether oxygens (including phenoxy) is 2. The normalized spacial score (nSPS) is 23.5. The Bertz CT molecular complexity index is 777. The molecule has 38 heavy (non-hydrogen) atoms. The second-order valence-electron chi connectivity index (χ2n) is 13.8. The Balaban J connectivity index is 1.57. The molecule has 217 valence electrons. The molecule has 0 aromatic rings. The third-order valence-electron chi connectivity index (χ3n) is 7.93. The molecule has 2 rings (SSSR count). The number of esters is 2. The number of carbonyl (C=O) groups is 2. The number of rotatable bonds is 13. The van der Waals surface area contributed by atoms with Gasteiger partial charge in [-0.3, -0.25) is 4.79 Å². The summed E-state index contributed by atoms with van der Waals surface area (Å²) in [6.07, 6.45) is 9.99. The Hall–Kier alpha value is -1.45. The van der Waals surface area contributed by atoms with Gasteiger partial charge in [0.05, 0.1) is 0 Å². The molecule has 0 unspecified atom stereocenters. The summed E-state index contributed by atoms with van der Waals surface area (Å²) in [7, 11) is 5.49. The number of hydrogen-bond acceptors (Lipinski definition) is 8. The summed E-state index contributed by atoms with van der Waals surface area (Å²) in [5.74, 6) is -0.289. The topological polar surface area (TPSA) is 88.5 Å². The molecule has 0 amide bonds. The van der Waals surface area contributed by atoms with Gasteiger partial charge in [0, 0.05) is 30.3 Å². The van der Waals surface area contributed by atoms with E-state index in [1.165, 1.54) is 11.2 Å². The monoisotopic (exact) mass is 535 g/mol. The van der Waals surface area contributed by atoms with E-state index in [0.29, 0.717) is 38.5 Å². The van der Waals surface area contributed by atoms with Crippen LogP contribution in [0.25, 0.3) is 0 Å². The Morgan fingerprint density at radius 3 is 1.42 bits per heavy atom. The van der Waals surface area contributed by atoms with Crippen molar-refractivity contribution in [3.63, 3.8) is 0 Å². The number of piperidine rings is 2. The second kappa shape index (κ2) is 13.3. The fourth-order valence-electron chi connectivity index (χ4n) is 6.60. The number of nitrogens with zero attached hydrogens (tertiary/aromatic N) is 2. The first-order valence-corrected chi connectivity index (χ1v) is 14.4. The summed E-state index contributed by atoms with van der Waals surface area (Å²) in [5, 5.41) is 13.7. The molecule has 0 aromatic heterocycles. The predicted molar refractivity (Wildman–Crippen MR) is 150 cm³/mol. The van der Waals surface area contributed by atoms with Gasteiger partial charge in [-0.05, 0) is 34.1 Å². The average molecular weight is 536 g/mol. The second-order valence-corrected chi connectivity index (χ2v) is 13.8. The van der Waals surface area contributed by atoms with Gasteiger partial charge < -0.3 is 9.94 Å². The van der Waals surface area contributed by atoms with Gasteiger partial charge in [-0.2, -0.15) is 5.06 Å². The molecule has 1 N–H and O–H groups in total. The zero-order chi connectivity index (χ0) is 28.8. The summed E-state index contributed by atoms with van der Waals surface area (Å²) < 4.78 is 11.6. The van der Waals surface area contributed by atoms with E-state index in [4.69, 9.17) is 21.8 Å². The molecule has 2 fully saturated rings. The van der Waals surface area contributed by atoms with E-state index in [1.54, 1.807) is 0 Å². The molecule has 9 heteroatoms. The standard InChI is InChI=1S/C29H52BN2O6/c1-26(2)17-22(18-27(3,4)31(26)35)37-24(33)15-13-11-9-10-12-14-16-25(34)38-23-19-28(5,6)32(36-21-30)29(7,8)20-23/h21-23,35H,9-20H2,1-8H3. The van der Waals surface area contributed by atoms with E-state index >= 15 is 0 Å².